The molecule has 0 nitrogen and oxygen atoms in total. The molecule has 6 aromatic rings. The SMILES string of the molecule is CC(C)(C)c1ccc(/C=C/c2ccc(P(c3ccc(/C=C/c4ccc(C(C)(C)C)cc4)cc3)c3ccc(/C=C/c4ccc(C(C)(C)C)cc4)cc3)cc2)cc1. The fraction of sp³-hybridized carbons (Fsp3) is 0.222. The van der Waals surface area contributed by atoms with Crippen molar-refractivity contribution in [3.8, 4) is 0 Å². The highest BCUT2D eigenvalue weighted by atomic mass is 31.1. The van der Waals surface area contributed by atoms with Gasteiger partial charge in [0.1, 0.15) is 0 Å². The summed E-state index contributed by atoms with van der Waals surface area (Å²) in [7, 11) is -0.759. The van der Waals surface area contributed by atoms with Crippen LogP contribution in [0.5, 0.6) is 0 Å². The van der Waals surface area contributed by atoms with Crippen LogP contribution in [0.3, 0.4) is 0 Å². The molecule has 55 heavy (non-hydrogen) atoms. The molecule has 278 valence electrons. The van der Waals surface area contributed by atoms with Crippen molar-refractivity contribution in [1.29, 1.82) is 0 Å². The summed E-state index contributed by atoms with van der Waals surface area (Å²) < 4.78 is 0. The second kappa shape index (κ2) is 16.8. The predicted octanol–water partition coefficient (Wildman–Crippen LogP) is 13.8. The Kier molecular flexibility index (Phi) is 12.1. The van der Waals surface area contributed by atoms with Crippen LogP contribution in [0.25, 0.3) is 36.5 Å². The van der Waals surface area contributed by atoms with Gasteiger partial charge in [0.25, 0.3) is 0 Å². The summed E-state index contributed by atoms with van der Waals surface area (Å²) in [6, 6.07) is 54.2. The molecule has 0 heterocycles. The van der Waals surface area contributed by atoms with Crippen molar-refractivity contribution < 1.29 is 0 Å². The zero-order valence-electron chi connectivity index (χ0n) is 34.3. The Balaban J connectivity index is 1.24. The van der Waals surface area contributed by atoms with Crippen molar-refractivity contribution in [3.05, 3.63) is 196 Å². The molecule has 0 unspecified atom stereocenters. The molecule has 0 aliphatic heterocycles. The molecule has 0 amide bonds. The number of hydrogen-bond donors (Lipinski definition) is 0. The molecule has 0 radical (unpaired) electrons. The van der Waals surface area contributed by atoms with E-state index in [1.807, 2.05) is 0 Å². The highest BCUT2D eigenvalue weighted by molar-refractivity contribution is 7.79. The maximum atomic E-state index is 2.32. The molecule has 0 atom stereocenters. The van der Waals surface area contributed by atoms with Crippen molar-refractivity contribution in [2.24, 2.45) is 0 Å². The first-order valence-electron chi connectivity index (χ1n) is 19.6. The third kappa shape index (κ3) is 10.8. The third-order valence-corrected chi connectivity index (χ3v) is 12.6. The van der Waals surface area contributed by atoms with Crippen LogP contribution >= 0.6 is 7.92 Å². The van der Waals surface area contributed by atoms with Gasteiger partial charge < -0.3 is 0 Å². The van der Waals surface area contributed by atoms with Crippen molar-refractivity contribution >= 4 is 60.3 Å². The highest BCUT2D eigenvalue weighted by Crippen LogP contribution is 2.34. The summed E-state index contributed by atoms with van der Waals surface area (Å²) in [5.41, 5.74) is 11.8. The Labute approximate surface area is 333 Å². The van der Waals surface area contributed by atoms with Crippen LogP contribution in [0, 0.1) is 0 Å². The minimum Gasteiger partial charge on any atom is -0.0579 e. The average molecular weight is 737 g/mol. The van der Waals surface area contributed by atoms with Gasteiger partial charge in [-0.15, -0.1) is 0 Å². The van der Waals surface area contributed by atoms with E-state index < -0.39 is 7.92 Å². The minimum absolute atomic E-state index is 0.155. The fourth-order valence-electron chi connectivity index (χ4n) is 6.51. The molecule has 0 spiro atoms. The summed E-state index contributed by atoms with van der Waals surface area (Å²) in [6.07, 6.45) is 13.3. The molecular weight excluding hydrogens is 680 g/mol. The van der Waals surface area contributed by atoms with E-state index in [9.17, 15) is 0 Å². The van der Waals surface area contributed by atoms with Crippen LogP contribution < -0.4 is 15.9 Å². The Hall–Kier alpha value is -5.03. The van der Waals surface area contributed by atoms with E-state index in [-0.39, 0.29) is 16.2 Å². The van der Waals surface area contributed by atoms with Crippen LogP contribution in [-0.2, 0) is 16.2 Å². The first kappa shape index (κ1) is 39.7. The molecule has 0 aromatic heterocycles. The van der Waals surface area contributed by atoms with E-state index in [0.717, 1.165) is 0 Å². The molecule has 6 aromatic carbocycles. The molecule has 0 aliphatic carbocycles. The monoisotopic (exact) mass is 736 g/mol. The van der Waals surface area contributed by atoms with Gasteiger partial charge in [0, 0.05) is 0 Å². The molecule has 0 saturated heterocycles. The van der Waals surface area contributed by atoms with Gasteiger partial charge in [0.2, 0.25) is 0 Å². The van der Waals surface area contributed by atoms with E-state index in [2.05, 4.69) is 244 Å². The van der Waals surface area contributed by atoms with E-state index in [4.69, 9.17) is 0 Å². The van der Waals surface area contributed by atoms with Gasteiger partial charge in [-0.2, -0.15) is 0 Å². The molecule has 0 saturated carbocycles. The lowest BCUT2D eigenvalue weighted by atomic mass is 9.87. The van der Waals surface area contributed by atoms with E-state index >= 15 is 0 Å². The van der Waals surface area contributed by atoms with Gasteiger partial charge in [-0.3, -0.25) is 0 Å². The maximum absolute atomic E-state index is 2.32. The number of rotatable bonds is 9. The average Bonchev–Trinajstić information content (AvgIpc) is 3.16. The quantitative estimate of drug-likeness (QED) is 0.102. The number of benzene rings is 6. The summed E-state index contributed by atoms with van der Waals surface area (Å²) in [4.78, 5) is 0. The van der Waals surface area contributed by atoms with E-state index in [1.54, 1.807) is 0 Å². The van der Waals surface area contributed by atoms with Gasteiger partial charge in [-0.25, -0.2) is 0 Å². The largest absolute Gasteiger partial charge is 0.0579 e. The smallest absolute Gasteiger partial charge is 0.0132 e. The van der Waals surface area contributed by atoms with Crippen LogP contribution in [0.1, 0.15) is 112 Å². The zero-order valence-corrected chi connectivity index (χ0v) is 35.2. The molecule has 1 heteroatoms. The number of hydrogen-bond acceptors (Lipinski definition) is 0. The van der Waals surface area contributed by atoms with Crippen LogP contribution in [0.15, 0.2) is 146 Å². The first-order chi connectivity index (χ1) is 26.1. The highest BCUT2D eigenvalue weighted by Gasteiger charge is 2.17. The standard InChI is InChI=1S/C54H57P/c1-52(2,3)46-28-16-40(17-29-46)10-13-43-22-34-49(35-23-43)55(50-36-24-44(25-37-50)14-11-41-18-30-47(31-19-41)53(4,5)6)51-38-26-45(27-39-51)15-12-42-20-32-48(33-21-42)54(7,8)9/h10-39H,1-9H3/b13-10+,14-11+,15-12+. The maximum Gasteiger partial charge on any atom is -0.0132 e. The van der Waals surface area contributed by atoms with Crippen molar-refractivity contribution in [2.75, 3.05) is 0 Å². The normalized spacial score (nSPS) is 12.8. The predicted molar refractivity (Wildman–Crippen MR) is 247 cm³/mol. The van der Waals surface area contributed by atoms with Crippen molar-refractivity contribution in [3.63, 3.8) is 0 Å². The molecule has 0 N–H and O–H groups in total. The van der Waals surface area contributed by atoms with Gasteiger partial charge in [0.15, 0.2) is 0 Å². The van der Waals surface area contributed by atoms with Gasteiger partial charge >= 0.3 is 0 Å². The zero-order chi connectivity index (χ0) is 39.2. The molecule has 0 aliphatic rings. The Morgan fingerprint density at radius 2 is 0.418 bits per heavy atom. The lowest BCUT2D eigenvalue weighted by molar-refractivity contribution is 0.590. The van der Waals surface area contributed by atoms with Gasteiger partial charge in [-0.05, 0) is 90.2 Å². The Morgan fingerprint density at radius 1 is 0.255 bits per heavy atom. The molecule has 0 bridgehead atoms. The van der Waals surface area contributed by atoms with E-state index in [0.29, 0.717) is 0 Å². The summed E-state index contributed by atoms with van der Waals surface area (Å²) in [5, 5.41) is 4.02. The van der Waals surface area contributed by atoms with E-state index in [1.165, 1.54) is 66.0 Å². The Bertz CT molecular complexity index is 1960. The van der Waals surface area contributed by atoms with Crippen molar-refractivity contribution in [1.82, 2.24) is 0 Å². The van der Waals surface area contributed by atoms with Crippen LogP contribution in [-0.4, -0.2) is 0 Å². The summed E-state index contributed by atoms with van der Waals surface area (Å²) >= 11 is 0. The van der Waals surface area contributed by atoms with Crippen LogP contribution in [0.4, 0.5) is 0 Å². The second-order valence-corrected chi connectivity index (χ2v) is 19.9. The fourth-order valence-corrected chi connectivity index (χ4v) is 8.75. The van der Waals surface area contributed by atoms with Crippen molar-refractivity contribution in [2.45, 2.75) is 78.6 Å². The first-order valence-corrected chi connectivity index (χ1v) is 20.9. The van der Waals surface area contributed by atoms with Gasteiger partial charge in [-0.1, -0.05) is 244 Å². The Morgan fingerprint density at radius 3 is 0.582 bits per heavy atom. The minimum atomic E-state index is -0.759. The molecular formula is C54H57P. The summed E-state index contributed by atoms with van der Waals surface area (Å²) in [5.74, 6) is 0. The topological polar surface area (TPSA) is 0 Å². The lowest BCUT2D eigenvalue weighted by Crippen LogP contribution is -2.20. The van der Waals surface area contributed by atoms with Crippen LogP contribution in [0.2, 0.25) is 0 Å². The third-order valence-electron chi connectivity index (χ3n) is 10.2. The van der Waals surface area contributed by atoms with Gasteiger partial charge in [0.05, 0.1) is 0 Å². The lowest BCUT2D eigenvalue weighted by Gasteiger charge is -2.20. The second-order valence-electron chi connectivity index (χ2n) is 17.7. The summed E-state index contributed by atoms with van der Waals surface area (Å²) in [6.45, 7) is 20.3. The molecule has 6 rings (SSSR count). The molecule has 0 fully saturated rings.